The fourth-order valence-electron chi connectivity index (χ4n) is 1.88. The van der Waals surface area contributed by atoms with Crippen molar-refractivity contribution in [2.24, 2.45) is 0 Å². The van der Waals surface area contributed by atoms with Gasteiger partial charge in [-0.05, 0) is 24.3 Å². The van der Waals surface area contributed by atoms with E-state index in [0.717, 1.165) is 11.3 Å². The number of hydrogen-bond acceptors (Lipinski definition) is 3. The second-order valence-electron chi connectivity index (χ2n) is 3.94. The summed E-state index contributed by atoms with van der Waals surface area (Å²) in [5, 5.41) is 4.73. The summed E-state index contributed by atoms with van der Waals surface area (Å²) in [5.41, 5.74) is 1.68. The number of benzene rings is 1. The van der Waals surface area contributed by atoms with Crippen LogP contribution in [0.15, 0.2) is 53.2 Å². The molecule has 1 aromatic carbocycles. The summed E-state index contributed by atoms with van der Waals surface area (Å²) in [6.45, 7) is 0. The summed E-state index contributed by atoms with van der Waals surface area (Å²) in [7, 11) is 0. The number of rotatable bonds is 3. The Kier molecular flexibility index (Phi) is 2.93. The molecule has 3 aromatic rings. The average molecular weight is 273 g/mol. The molecule has 3 rings (SSSR count). The van der Waals surface area contributed by atoms with Gasteiger partial charge in [-0.25, -0.2) is 4.68 Å². The van der Waals surface area contributed by atoms with E-state index in [1.807, 2.05) is 24.3 Å². The quantitative estimate of drug-likeness (QED) is 0.685. The summed E-state index contributed by atoms with van der Waals surface area (Å²) in [4.78, 5) is 10.7. The standard InChI is InChI=1S/C14H9ClN2O2/c15-10-7-16-17(8-10)13-4-2-1-3-12(13)14-6-5-11(9-18)19-14/h1-9H. The van der Waals surface area contributed by atoms with Gasteiger partial charge >= 0.3 is 0 Å². The van der Waals surface area contributed by atoms with Gasteiger partial charge in [-0.2, -0.15) is 5.10 Å². The Morgan fingerprint density at radius 3 is 2.74 bits per heavy atom. The van der Waals surface area contributed by atoms with Crippen molar-refractivity contribution in [3.63, 3.8) is 0 Å². The molecule has 0 bridgehead atoms. The summed E-state index contributed by atoms with van der Waals surface area (Å²) in [6.07, 6.45) is 3.96. The molecule has 0 aliphatic carbocycles. The Bertz CT molecular complexity index is 730. The van der Waals surface area contributed by atoms with Crippen LogP contribution in [-0.4, -0.2) is 16.1 Å². The van der Waals surface area contributed by atoms with Crippen molar-refractivity contribution in [3.05, 3.63) is 59.6 Å². The van der Waals surface area contributed by atoms with Crippen molar-refractivity contribution < 1.29 is 9.21 Å². The highest BCUT2D eigenvalue weighted by Crippen LogP contribution is 2.28. The smallest absolute Gasteiger partial charge is 0.185 e. The number of aldehydes is 1. The number of carbonyl (C=O) groups is 1. The van der Waals surface area contributed by atoms with Gasteiger partial charge in [0.15, 0.2) is 12.0 Å². The van der Waals surface area contributed by atoms with Gasteiger partial charge in [0.05, 0.1) is 16.9 Å². The van der Waals surface area contributed by atoms with Crippen LogP contribution in [0.5, 0.6) is 0 Å². The molecule has 5 heteroatoms. The summed E-state index contributed by atoms with van der Waals surface area (Å²) >= 11 is 5.88. The Hall–Kier alpha value is -2.33. The molecule has 0 aliphatic rings. The van der Waals surface area contributed by atoms with Crippen molar-refractivity contribution in [3.8, 4) is 17.0 Å². The van der Waals surface area contributed by atoms with Gasteiger partial charge < -0.3 is 4.42 Å². The molecule has 0 radical (unpaired) electrons. The first-order chi connectivity index (χ1) is 9.28. The summed E-state index contributed by atoms with van der Waals surface area (Å²) < 4.78 is 7.11. The second-order valence-corrected chi connectivity index (χ2v) is 4.38. The Labute approximate surface area is 114 Å². The van der Waals surface area contributed by atoms with E-state index < -0.39 is 0 Å². The molecule has 0 fully saturated rings. The fraction of sp³-hybridized carbons (Fsp3) is 0. The minimum Gasteiger partial charge on any atom is -0.453 e. The highest BCUT2D eigenvalue weighted by atomic mass is 35.5. The SMILES string of the molecule is O=Cc1ccc(-c2ccccc2-n2cc(Cl)cn2)o1. The number of furan rings is 1. The lowest BCUT2D eigenvalue weighted by Gasteiger charge is -2.06. The average Bonchev–Trinajstić information content (AvgIpc) is 3.07. The highest BCUT2D eigenvalue weighted by Gasteiger charge is 2.11. The van der Waals surface area contributed by atoms with Gasteiger partial charge in [-0.1, -0.05) is 23.7 Å². The van der Waals surface area contributed by atoms with Crippen molar-refractivity contribution in [1.29, 1.82) is 0 Å². The predicted octanol–water partition coefficient (Wildman–Crippen LogP) is 3.60. The fourth-order valence-corrected chi connectivity index (χ4v) is 2.01. The monoisotopic (exact) mass is 272 g/mol. The van der Waals surface area contributed by atoms with E-state index in [1.54, 1.807) is 29.2 Å². The van der Waals surface area contributed by atoms with E-state index in [4.69, 9.17) is 16.0 Å². The van der Waals surface area contributed by atoms with Gasteiger partial charge in [0, 0.05) is 11.8 Å². The topological polar surface area (TPSA) is 48.0 Å². The largest absolute Gasteiger partial charge is 0.453 e. The molecule has 0 saturated heterocycles. The first-order valence-electron chi connectivity index (χ1n) is 5.63. The van der Waals surface area contributed by atoms with Gasteiger partial charge in [0.2, 0.25) is 0 Å². The van der Waals surface area contributed by atoms with Crippen molar-refractivity contribution in [1.82, 2.24) is 9.78 Å². The van der Waals surface area contributed by atoms with Gasteiger partial charge in [-0.3, -0.25) is 4.79 Å². The molecule has 19 heavy (non-hydrogen) atoms. The zero-order valence-corrected chi connectivity index (χ0v) is 10.5. The van der Waals surface area contributed by atoms with E-state index in [-0.39, 0.29) is 0 Å². The lowest BCUT2D eigenvalue weighted by molar-refractivity contribution is 0.110. The molecule has 0 unspecified atom stereocenters. The molecule has 0 N–H and O–H groups in total. The van der Waals surface area contributed by atoms with E-state index in [2.05, 4.69) is 5.10 Å². The third-order valence-electron chi connectivity index (χ3n) is 2.71. The first kappa shape index (κ1) is 11.7. The zero-order chi connectivity index (χ0) is 13.2. The lowest BCUT2D eigenvalue weighted by atomic mass is 10.1. The van der Waals surface area contributed by atoms with Gasteiger partial charge in [0.1, 0.15) is 5.76 Å². The van der Waals surface area contributed by atoms with Crippen LogP contribution in [-0.2, 0) is 0 Å². The van der Waals surface area contributed by atoms with E-state index in [1.165, 1.54) is 0 Å². The minimum absolute atomic E-state index is 0.295. The Balaban J connectivity index is 2.14. The maximum absolute atomic E-state index is 10.7. The van der Waals surface area contributed by atoms with Crippen molar-refractivity contribution in [2.75, 3.05) is 0 Å². The summed E-state index contributed by atoms with van der Waals surface area (Å²) in [6, 6.07) is 11.0. The maximum atomic E-state index is 10.7. The van der Waals surface area contributed by atoms with Crippen LogP contribution in [0.1, 0.15) is 10.6 Å². The van der Waals surface area contributed by atoms with Gasteiger partial charge in [-0.15, -0.1) is 0 Å². The molecular formula is C14H9ClN2O2. The van der Waals surface area contributed by atoms with Crippen molar-refractivity contribution >= 4 is 17.9 Å². The number of carbonyl (C=O) groups excluding carboxylic acids is 1. The third kappa shape index (κ3) is 2.18. The molecule has 0 spiro atoms. The second kappa shape index (κ2) is 4.74. The van der Waals surface area contributed by atoms with Crippen LogP contribution in [0.2, 0.25) is 5.02 Å². The van der Waals surface area contributed by atoms with Crippen LogP contribution >= 0.6 is 11.6 Å². The first-order valence-corrected chi connectivity index (χ1v) is 6.00. The molecule has 4 nitrogen and oxygen atoms in total. The van der Waals surface area contributed by atoms with Crippen LogP contribution < -0.4 is 0 Å². The molecule has 0 aliphatic heterocycles. The molecule has 0 amide bonds. The normalized spacial score (nSPS) is 10.6. The Morgan fingerprint density at radius 2 is 2.05 bits per heavy atom. The van der Waals surface area contributed by atoms with Gasteiger partial charge in [0.25, 0.3) is 0 Å². The zero-order valence-electron chi connectivity index (χ0n) is 9.79. The minimum atomic E-state index is 0.295. The van der Waals surface area contributed by atoms with Crippen molar-refractivity contribution in [2.45, 2.75) is 0 Å². The number of aromatic nitrogens is 2. The number of para-hydroxylation sites is 1. The molecular weight excluding hydrogens is 264 g/mol. The molecule has 94 valence electrons. The molecule has 2 heterocycles. The van der Waals surface area contributed by atoms with Crippen LogP contribution in [0.25, 0.3) is 17.0 Å². The number of hydrogen-bond donors (Lipinski definition) is 0. The third-order valence-corrected chi connectivity index (χ3v) is 2.91. The number of nitrogens with zero attached hydrogens (tertiary/aromatic N) is 2. The van der Waals surface area contributed by atoms with Crippen LogP contribution in [0, 0.1) is 0 Å². The lowest BCUT2D eigenvalue weighted by Crippen LogP contribution is -1.96. The molecule has 0 saturated carbocycles. The van der Waals surface area contributed by atoms with Crippen LogP contribution in [0.3, 0.4) is 0 Å². The number of halogens is 1. The molecule has 0 atom stereocenters. The highest BCUT2D eigenvalue weighted by molar-refractivity contribution is 6.30. The Morgan fingerprint density at radius 1 is 1.21 bits per heavy atom. The van der Waals surface area contributed by atoms with E-state index in [9.17, 15) is 4.79 Å². The van der Waals surface area contributed by atoms with E-state index in [0.29, 0.717) is 22.8 Å². The van der Waals surface area contributed by atoms with Crippen LogP contribution in [0.4, 0.5) is 0 Å². The maximum Gasteiger partial charge on any atom is 0.185 e. The predicted molar refractivity (Wildman–Crippen MR) is 71.7 cm³/mol. The molecule has 2 aromatic heterocycles. The summed E-state index contributed by atoms with van der Waals surface area (Å²) in [5.74, 6) is 0.910. The van der Waals surface area contributed by atoms with E-state index >= 15 is 0 Å².